The van der Waals surface area contributed by atoms with Gasteiger partial charge in [-0.25, -0.2) is 18.1 Å². The summed E-state index contributed by atoms with van der Waals surface area (Å²) in [6, 6.07) is 0. The predicted octanol–water partition coefficient (Wildman–Crippen LogP) is 1.27. The highest BCUT2D eigenvalue weighted by molar-refractivity contribution is 7.89. The average Bonchev–Trinajstić information content (AvgIpc) is 2.81. The first-order valence-electron chi connectivity index (χ1n) is 5.56. The summed E-state index contributed by atoms with van der Waals surface area (Å²) < 4.78 is 26.2. The van der Waals surface area contributed by atoms with Crippen molar-refractivity contribution in [2.24, 2.45) is 5.41 Å². The van der Waals surface area contributed by atoms with Crippen LogP contribution in [0.3, 0.4) is 0 Å². The first kappa shape index (κ1) is 11.6. The Hall–Kier alpha value is -0.880. The van der Waals surface area contributed by atoms with Crippen molar-refractivity contribution in [1.29, 1.82) is 0 Å². The number of aromatic nitrogens is 2. The molecule has 5 nitrogen and oxygen atoms in total. The van der Waals surface area contributed by atoms with E-state index in [2.05, 4.69) is 21.6 Å². The Morgan fingerprint density at radius 3 is 2.81 bits per heavy atom. The summed E-state index contributed by atoms with van der Waals surface area (Å²) in [4.78, 5) is 6.31. The maximum Gasteiger partial charge on any atom is 0.257 e. The second-order valence-electron chi connectivity index (χ2n) is 4.49. The second-order valence-corrected chi connectivity index (χ2v) is 6.23. The quantitative estimate of drug-likeness (QED) is 0.790. The standard InChI is InChI=1S/C10H17N3O2S/c1-2-3-10(4-5-10)7-13-16(14,15)9-6-11-8-12-9/h6,8,13H,2-5,7H2,1H3,(H,11,12). The molecule has 0 unspecified atom stereocenters. The molecule has 0 radical (unpaired) electrons. The molecular formula is C10H17N3O2S. The molecule has 1 heterocycles. The van der Waals surface area contributed by atoms with Crippen LogP contribution in [-0.4, -0.2) is 24.9 Å². The van der Waals surface area contributed by atoms with E-state index < -0.39 is 10.0 Å². The summed E-state index contributed by atoms with van der Waals surface area (Å²) in [5.74, 6) is 0. The number of hydrogen-bond donors (Lipinski definition) is 2. The zero-order valence-electron chi connectivity index (χ0n) is 9.36. The van der Waals surface area contributed by atoms with Gasteiger partial charge in [0.15, 0.2) is 5.03 Å². The van der Waals surface area contributed by atoms with Gasteiger partial charge in [-0.3, -0.25) is 0 Å². The van der Waals surface area contributed by atoms with E-state index in [0.717, 1.165) is 25.7 Å². The minimum absolute atomic E-state index is 0.139. The summed E-state index contributed by atoms with van der Waals surface area (Å²) in [5.41, 5.74) is 0.224. The number of H-pyrrole nitrogens is 1. The Balaban J connectivity index is 1.96. The Morgan fingerprint density at radius 2 is 2.31 bits per heavy atom. The minimum atomic E-state index is -3.40. The third-order valence-electron chi connectivity index (χ3n) is 3.14. The summed E-state index contributed by atoms with van der Waals surface area (Å²) in [6.07, 6.45) is 7.15. The van der Waals surface area contributed by atoms with Gasteiger partial charge >= 0.3 is 0 Å². The topological polar surface area (TPSA) is 74.8 Å². The fraction of sp³-hybridized carbons (Fsp3) is 0.700. The number of imidazole rings is 1. The first-order valence-corrected chi connectivity index (χ1v) is 7.04. The molecule has 2 N–H and O–H groups in total. The summed E-state index contributed by atoms with van der Waals surface area (Å²) >= 11 is 0. The van der Waals surface area contributed by atoms with Gasteiger partial charge in [0.1, 0.15) is 0 Å². The molecule has 0 atom stereocenters. The number of rotatable bonds is 6. The maximum absolute atomic E-state index is 11.8. The molecule has 1 aromatic rings. The van der Waals surface area contributed by atoms with E-state index >= 15 is 0 Å². The monoisotopic (exact) mass is 243 g/mol. The summed E-state index contributed by atoms with van der Waals surface area (Å²) in [7, 11) is -3.40. The molecule has 0 aliphatic heterocycles. The van der Waals surface area contributed by atoms with Crippen molar-refractivity contribution >= 4 is 10.0 Å². The molecule has 1 aliphatic carbocycles. The van der Waals surface area contributed by atoms with Crippen LogP contribution in [-0.2, 0) is 10.0 Å². The largest absolute Gasteiger partial charge is 0.335 e. The molecule has 0 saturated heterocycles. The van der Waals surface area contributed by atoms with Gasteiger partial charge in [0.2, 0.25) is 0 Å². The van der Waals surface area contributed by atoms with E-state index in [1.165, 1.54) is 12.5 Å². The van der Waals surface area contributed by atoms with Gasteiger partial charge in [0, 0.05) is 6.54 Å². The Labute approximate surface area is 95.7 Å². The van der Waals surface area contributed by atoms with Crippen LogP contribution in [0.4, 0.5) is 0 Å². The molecule has 90 valence electrons. The lowest BCUT2D eigenvalue weighted by molar-refractivity contribution is 0.449. The zero-order chi connectivity index (χ0) is 11.6. The molecule has 1 aromatic heterocycles. The Morgan fingerprint density at radius 1 is 1.56 bits per heavy atom. The third kappa shape index (κ3) is 2.44. The molecule has 1 aliphatic rings. The van der Waals surface area contributed by atoms with E-state index in [9.17, 15) is 8.42 Å². The molecular weight excluding hydrogens is 226 g/mol. The van der Waals surface area contributed by atoms with Crippen LogP contribution >= 0.6 is 0 Å². The van der Waals surface area contributed by atoms with Crippen LogP contribution < -0.4 is 4.72 Å². The van der Waals surface area contributed by atoms with Crippen molar-refractivity contribution in [2.75, 3.05) is 6.54 Å². The van der Waals surface area contributed by atoms with E-state index in [0.29, 0.717) is 6.54 Å². The number of aromatic amines is 1. The fourth-order valence-corrected chi connectivity index (χ4v) is 3.00. The Kier molecular flexibility index (Phi) is 3.03. The lowest BCUT2D eigenvalue weighted by atomic mass is 10.0. The number of sulfonamides is 1. The van der Waals surface area contributed by atoms with Crippen molar-refractivity contribution in [2.45, 2.75) is 37.6 Å². The molecule has 1 fully saturated rings. The number of hydrogen-bond acceptors (Lipinski definition) is 3. The average molecular weight is 243 g/mol. The van der Waals surface area contributed by atoms with Crippen LogP contribution in [0.25, 0.3) is 0 Å². The SMILES string of the molecule is CCCC1(CNS(=O)(=O)c2cnc[nH]2)CC1. The number of nitrogens with zero attached hydrogens (tertiary/aromatic N) is 1. The molecule has 0 amide bonds. The predicted molar refractivity (Wildman–Crippen MR) is 60.4 cm³/mol. The highest BCUT2D eigenvalue weighted by Gasteiger charge is 2.42. The minimum Gasteiger partial charge on any atom is -0.335 e. The van der Waals surface area contributed by atoms with Crippen LogP contribution in [0.5, 0.6) is 0 Å². The van der Waals surface area contributed by atoms with Crippen LogP contribution in [0.15, 0.2) is 17.6 Å². The second kappa shape index (κ2) is 4.18. The van der Waals surface area contributed by atoms with E-state index in [1.807, 2.05) is 0 Å². The molecule has 1 saturated carbocycles. The first-order chi connectivity index (χ1) is 7.58. The third-order valence-corrected chi connectivity index (χ3v) is 4.46. The van der Waals surface area contributed by atoms with Crippen LogP contribution in [0.1, 0.15) is 32.6 Å². The maximum atomic E-state index is 11.8. The van der Waals surface area contributed by atoms with Crippen LogP contribution in [0, 0.1) is 5.41 Å². The van der Waals surface area contributed by atoms with E-state index in [1.54, 1.807) is 0 Å². The van der Waals surface area contributed by atoms with Crippen molar-refractivity contribution in [3.63, 3.8) is 0 Å². The van der Waals surface area contributed by atoms with Gasteiger partial charge in [-0.1, -0.05) is 13.3 Å². The zero-order valence-corrected chi connectivity index (χ0v) is 10.2. The fourth-order valence-electron chi connectivity index (χ4n) is 1.94. The smallest absolute Gasteiger partial charge is 0.257 e. The molecule has 16 heavy (non-hydrogen) atoms. The molecule has 6 heteroatoms. The lowest BCUT2D eigenvalue weighted by Gasteiger charge is -2.14. The van der Waals surface area contributed by atoms with Gasteiger partial charge in [-0.15, -0.1) is 0 Å². The highest BCUT2D eigenvalue weighted by atomic mass is 32.2. The van der Waals surface area contributed by atoms with Crippen molar-refractivity contribution in [3.05, 3.63) is 12.5 Å². The number of nitrogens with one attached hydrogen (secondary N) is 2. The molecule has 0 bridgehead atoms. The van der Waals surface area contributed by atoms with E-state index in [4.69, 9.17) is 0 Å². The molecule has 0 aromatic carbocycles. The van der Waals surface area contributed by atoms with Gasteiger partial charge < -0.3 is 4.98 Å². The summed E-state index contributed by atoms with van der Waals surface area (Å²) in [6.45, 7) is 2.67. The Bertz CT molecular complexity index is 435. The van der Waals surface area contributed by atoms with Gasteiger partial charge in [0.05, 0.1) is 12.5 Å². The van der Waals surface area contributed by atoms with Crippen molar-refractivity contribution in [1.82, 2.24) is 14.7 Å². The normalized spacial score (nSPS) is 18.6. The van der Waals surface area contributed by atoms with Gasteiger partial charge in [0.25, 0.3) is 10.0 Å². The van der Waals surface area contributed by atoms with Crippen LogP contribution in [0.2, 0.25) is 0 Å². The molecule has 2 rings (SSSR count). The van der Waals surface area contributed by atoms with Gasteiger partial charge in [-0.2, -0.15) is 0 Å². The molecule has 0 spiro atoms. The van der Waals surface area contributed by atoms with Crippen molar-refractivity contribution < 1.29 is 8.42 Å². The van der Waals surface area contributed by atoms with Gasteiger partial charge in [-0.05, 0) is 24.7 Å². The van der Waals surface area contributed by atoms with Crippen molar-refractivity contribution in [3.8, 4) is 0 Å². The lowest BCUT2D eigenvalue weighted by Crippen LogP contribution is -2.30. The highest BCUT2D eigenvalue weighted by Crippen LogP contribution is 2.49. The van der Waals surface area contributed by atoms with E-state index in [-0.39, 0.29) is 10.4 Å². The summed E-state index contributed by atoms with van der Waals surface area (Å²) in [5, 5.41) is 0.139.